The van der Waals surface area contributed by atoms with Crippen molar-refractivity contribution in [2.45, 2.75) is 44.6 Å². The van der Waals surface area contributed by atoms with E-state index in [1.54, 1.807) is 0 Å². The SMILES string of the molecule is O[C@H]1[C@H]2CC[C@H](C2)[C@@H]1CN1CCCCC1. The summed E-state index contributed by atoms with van der Waals surface area (Å²) in [6.07, 6.45) is 8.19. The molecule has 86 valence electrons. The second kappa shape index (κ2) is 4.06. The number of hydrogen-bond donors (Lipinski definition) is 1. The quantitative estimate of drug-likeness (QED) is 0.750. The van der Waals surface area contributed by atoms with Crippen LogP contribution in [0.25, 0.3) is 0 Å². The largest absolute Gasteiger partial charge is 0.392 e. The Bertz CT molecular complexity index is 223. The molecule has 1 heterocycles. The van der Waals surface area contributed by atoms with Crippen molar-refractivity contribution in [1.29, 1.82) is 0 Å². The predicted octanol–water partition coefficient (Wildman–Crippen LogP) is 1.88. The van der Waals surface area contributed by atoms with Crippen molar-refractivity contribution in [3.63, 3.8) is 0 Å². The van der Waals surface area contributed by atoms with Gasteiger partial charge in [0.2, 0.25) is 0 Å². The van der Waals surface area contributed by atoms with Crippen LogP contribution in [0.4, 0.5) is 0 Å². The normalized spacial score (nSPS) is 46.2. The number of aliphatic hydroxyl groups excluding tert-OH is 1. The molecule has 2 heteroatoms. The molecule has 0 unspecified atom stereocenters. The summed E-state index contributed by atoms with van der Waals surface area (Å²) in [5.41, 5.74) is 0. The first-order chi connectivity index (χ1) is 7.34. The monoisotopic (exact) mass is 209 g/mol. The Morgan fingerprint density at radius 1 is 1.00 bits per heavy atom. The summed E-state index contributed by atoms with van der Waals surface area (Å²) >= 11 is 0. The second-order valence-corrected chi connectivity index (χ2v) is 5.85. The van der Waals surface area contributed by atoms with E-state index in [0.717, 1.165) is 5.92 Å². The first kappa shape index (κ1) is 10.1. The smallest absolute Gasteiger partial charge is 0.0611 e. The van der Waals surface area contributed by atoms with E-state index in [-0.39, 0.29) is 6.10 Å². The van der Waals surface area contributed by atoms with Crippen LogP contribution in [0, 0.1) is 17.8 Å². The maximum Gasteiger partial charge on any atom is 0.0611 e. The van der Waals surface area contributed by atoms with Gasteiger partial charge in [0.1, 0.15) is 0 Å². The third kappa shape index (κ3) is 1.83. The fourth-order valence-electron chi connectivity index (χ4n) is 4.08. The molecule has 1 saturated heterocycles. The van der Waals surface area contributed by atoms with Gasteiger partial charge in [-0.2, -0.15) is 0 Å². The van der Waals surface area contributed by atoms with E-state index in [2.05, 4.69) is 4.90 Å². The lowest BCUT2D eigenvalue weighted by molar-refractivity contribution is 0.0341. The Morgan fingerprint density at radius 2 is 1.73 bits per heavy atom. The Hall–Kier alpha value is -0.0800. The minimum atomic E-state index is 0.0330. The van der Waals surface area contributed by atoms with Gasteiger partial charge in [-0.3, -0.25) is 0 Å². The Kier molecular flexibility index (Phi) is 2.73. The van der Waals surface area contributed by atoms with Crippen LogP contribution in [0.1, 0.15) is 38.5 Å². The van der Waals surface area contributed by atoms with E-state index in [9.17, 15) is 5.11 Å². The van der Waals surface area contributed by atoms with Gasteiger partial charge in [0.05, 0.1) is 6.10 Å². The molecule has 0 aromatic heterocycles. The van der Waals surface area contributed by atoms with E-state index in [1.807, 2.05) is 0 Å². The highest BCUT2D eigenvalue weighted by atomic mass is 16.3. The number of hydrogen-bond acceptors (Lipinski definition) is 2. The number of piperidine rings is 1. The topological polar surface area (TPSA) is 23.5 Å². The summed E-state index contributed by atoms with van der Waals surface area (Å²) in [6, 6.07) is 0. The summed E-state index contributed by atoms with van der Waals surface area (Å²) < 4.78 is 0. The van der Waals surface area contributed by atoms with Crippen LogP contribution in [0.2, 0.25) is 0 Å². The Balaban J connectivity index is 1.58. The number of nitrogens with zero attached hydrogens (tertiary/aromatic N) is 1. The lowest BCUT2D eigenvalue weighted by atomic mass is 9.85. The molecule has 0 radical (unpaired) electrons. The molecule has 0 aromatic carbocycles. The molecule has 4 atom stereocenters. The van der Waals surface area contributed by atoms with Gasteiger partial charge < -0.3 is 10.0 Å². The standard InChI is InChI=1S/C13H23NO/c15-13-11-5-4-10(8-11)12(13)9-14-6-2-1-3-7-14/h10-13,15H,1-9H2/t10-,11+,12+,13+/m1/s1. The molecular weight excluding hydrogens is 186 g/mol. The number of fused-ring (bicyclic) bond motifs is 2. The van der Waals surface area contributed by atoms with Crippen molar-refractivity contribution in [1.82, 2.24) is 4.90 Å². The minimum absolute atomic E-state index is 0.0330. The van der Waals surface area contributed by atoms with E-state index < -0.39 is 0 Å². The van der Waals surface area contributed by atoms with Crippen LogP contribution in [0.5, 0.6) is 0 Å². The maximum atomic E-state index is 10.2. The first-order valence-corrected chi connectivity index (χ1v) is 6.75. The van der Waals surface area contributed by atoms with Crippen LogP contribution in [0.15, 0.2) is 0 Å². The predicted molar refractivity (Wildman–Crippen MR) is 60.6 cm³/mol. The zero-order valence-corrected chi connectivity index (χ0v) is 9.57. The molecule has 1 N–H and O–H groups in total. The fraction of sp³-hybridized carbons (Fsp3) is 1.00. The number of rotatable bonds is 2. The number of likely N-dealkylation sites (tertiary alicyclic amines) is 1. The molecule has 3 rings (SSSR count). The highest BCUT2D eigenvalue weighted by Crippen LogP contribution is 2.48. The maximum absolute atomic E-state index is 10.2. The molecular formula is C13H23NO. The average molecular weight is 209 g/mol. The lowest BCUT2D eigenvalue weighted by Gasteiger charge is -2.34. The minimum Gasteiger partial charge on any atom is -0.392 e. The molecule has 2 saturated carbocycles. The molecule has 0 spiro atoms. The number of aliphatic hydroxyl groups is 1. The van der Waals surface area contributed by atoms with Crippen LogP contribution >= 0.6 is 0 Å². The van der Waals surface area contributed by atoms with Crippen LogP contribution < -0.4 is 0 Å². The average Bonchev–Trinajstić information content (AvgIpc) is 2.84. The molecule has 3 aliphatic rings. The summed E-state index contributed by atoms with van der Waals surface area (Å²) in [5.74, 6) is 2.12. The van der Waals surface area contributed by atoms with Gasteiger partial charge in [0.25, 0.3) is 0 Å². The van der Waals surface area contributed by atoms with Crippen molar-refractivity contribution < 1.29 is 5.11 Å². The third-order valence-electron chi connectivity index (χ3n) is 4.96. The van der Waals surface area contributed by atoms with Gasteiger partial charge in [-0.1, -0.05) is 6.42 Å². The van der Waals surface area contributed by atoms with Crippen LogP contribution in [-0.2, 0) is 0 Å². The van der Waals surface area contributed by atoms with E-state index in [0.29, 0.717) is 11.8 Å². The van der Waals surface area contributed by atoms with Crippen LogP contribution in [0.3, 0.4) is 0 Å². The van der Waals surface area contributed by atoms with Gasteiger partial charge in [0, 0.05) is 12.5 Å². The Morgan fingerprint density at radius 3 is 2.40 bits per heavy atom. The van der Waals surface area contributed by atoms with Gasteiger partial charge in [-0.05, 0) is 57.0 Å². The zero-order chi connectivity index (χ0) is 10.3. The van der Waals surface area contributed by atoms with E-state index >= 15 is 0 Å². The van der Waals surface area contributed by atoms with Crippen LogP contribution in [-0.4, -0.2) is 35.7 Å². The zero-order valence-electron chi connectivity index (χ0n) is 9.57. The highest BCUT2D eigenvalue weighted by Gasteiger charge is 2.46. The molecule has 3 fully saturated rings. The molecule has 2 aliphatic carbocycles. The van der Waals surface area contributed by atoms with Crippen molar-refractivity contribution >= 4 is 0 Å². The van der Waals surface area contributed by atoms with E-state index in [4.69, 9.17) is 0 Å². The molecule has 0 aromatic rings. The molecule has 15 heavy (non-hydrogen) atoms. The summed E-state index contributed by atoms with van der Waals surface area (Å²) in [5, 5.41) is 10.2. The fourth-order valence-corrected chi connectivity index (χ4v) is 4.08. The van der Waals surface area contributed by atoms with E-state index in [1.165, 1.54) is 58.2 Å². The van der Waals surface area contributed by atoms with Crippen molar-refractivity contribution in [3.05, 3.63) is 0 Å². The Labute approximate surface area is 92.7 Å². The summed E-state index contributed by atoms with van der Waals surface area (Å²) in [4.78, 5) is 2.60. The third-order valence-corrected chi connectivity index (χ3v) is 4.96. The summed E-state index contributed by atoms with van der Waals surface area (Å²) in [7, 11) is 0. The second-order valence-electron chi connectivity index (χ2n) is 5.85. The molecule has 0 amide bonds. The van der Waals surface area contributed by atoms with Gasteiger partial charge in [-0.25, -0.2) is 0 Å². The van der Waals surface area contributed by atoms with Gasteiger partial charge in [0.15, 0.2) is 0 Å². The molecule has 2 bridgehead atoms. The van der Waals surface area contributed by atoms with Crippen molar-refractivity contribution in [2.75, 3.05) is 19.6 Å². The summed E-state index contributed by atoms with van der Waals surface area (Å²) in [6.45, 7) is 3.74. The van der Waals surface area contributed by atoms with Crippen molar-refractivity contribution in [3.8, 4) is 0 Å². The van der Waals surface area contributed by atoms with Gasteiger partial charge in [-0.15, -0.1) is 0 Å². The molecule has 2 nitrogen and oxygen atoms in total. The molecule has 1 aliphatic heterocycles. The van der Waals surface area contributed by atoms with Crippen molar-refractivity contribution in [2.24, 2.45) is 17.8 Å². The lowest BCUT2D eigenvalue weighted by Crippen LogP contribution is -2.40. The first-order valence-electron chi connectivity index (χ1n) is 6.75. The van der Waals surface area contributed by atoms with Gasteiger partial charge >= 0.3 is 0 Å². The highest BCUT2D eigenvalue weighted by molar-refractivity contribution is 4.97.